The highest BCUT2D eigenvalue weighted by Crippen LogP contribution is 2.24. The summed E-state index contributed by atoms with van der Waals surface area (Å²) in [7, 11) is 0. The number of aromatic carboxylic acids is 1. The van der Waals surface area contributed by atoms with Gasteiger partial charge in [0, 0.05) is 4.47 Å². The molecule has 0 aromatic heterocycles. The molecule has 0 heterocycles. The number of aryl methyl sites for hydroxylation is 1. The number of nitrogen functional groups attached to an aromatic ring is 1. The summed E-state index contributed by atoms with van der Waals surface area (Å²) >= 11 is 3.37. The molecule has 0 bridgehead atoms. The summed E-state index contributed by atoms with van der Waals surface area (Å²) in [4.78, 5) is 23.1. The number of carbonyl (C=O) groups is 2. The lowest BCUT2D eigenvalue weighted by Crippen LogP contribution is -2.14. The number of carboxylic acids is 1. The first kappa shape index (κ1) is 15.1. The maximum Gasteiger partial charge on any atom is 0.335 e. The van der Waals surface area contributed by atoms with Crippen LogP contribution in [0.25, 0.3) is 0 Å². The molecule has 0 unspecified atom stereocenters. The summed E-state index contributed by atoms with van der Waals surface area (Å²) in [6.45, 7) is 1.89. The number of nitrogens with two attached hydrogens (primary N) is 1. The fourth-order valence-electron chi connectivity index (χ4n) is 1.82. The molecule has 108 valence electrons. The molecule has 0 saturated carbocycles. The molecule has 2 aromatic rings. The van der Waals surface area contributed by atoms with E-state index in [1.807, 2.05) is 13.0 Å². The highest BCUT2D eigenvalue weighted by atomic mass is 79.9. The molecular formula is C15H13BrN2O3. The van der Waals surface area contributed by atoms with Crippen molar-refractivity contribution in [2.45, 2.75) is 6.92 Å². The normalized spacial score (nSPS) is 10.2. The van der Waals surface area contributed by atoms with Crippen molar-refractivity contribution in [1.82, 2.24) is 0 Å². The third kappa shape index (κ3) is 3.22. The molecule has 0 aliphatic carbocycles. The van der Waals surface area contributed by atoms with E-state index in [2.05, 4.69) is 21.2 Å². The summed E-state index contributed by atoms with van der Waals surface area (Å²) in [5.74, 6) is -1.39. The number of hydrogen-bond acceptors (Lipinski definition) is 3. The number of benzene rings is 2. The number of carboxylic acid groups (broad SMARTS) is 1. The van der Waals surface area contributed by atoms with Gasteiger partial charge in [0.25, 0.3) is 5.91 Å². The highest BCUT2D eigenvalue weighted by Gasteiger charge is 2.13. The van der Waals surface area contributed by atoms with Crippen molar-refractivity contribution in [3.63, 3.8) is 0 Å². The van der Waals surface area contributed by atoms with Gasteiger partial charge in [-0.1, -0.05) is 12.1 Å². The van der Waals surface area contributed by atoms with Crippen LogP contribution in [0.5, 0.6) is 0 Å². The van der Waals surface area contributed by atoms with Gasteiger partial charge in [-0.3, -0.25) is 4.79 Å². The van der Waals surface area contributed by atoms with Crippen molar-refractivity contribution in [2.75, 3.05) is 11.1 Å². The predicted octanol–water partition coefficient (Wildman–Crippen LogP) is 3.29. The second kappa shape index (κ2) is 5.97. The van der Waals surface area contributed by atoms with Gasteiger partial charge < -0.3 is 16.2 Å². The fourth-order valence-corrected chi connectivity index (χ4v) is 2.27. The lowest BCUT2D eigenvalue weighted by molar-refractivity contribution is 0.0697. The Morgan fingerprint density at radius 3 is 2.57 bits per heavy atom. The standard InChI is InChI=1S/C15H13BrN2O3/c1-8-3-2-4-10(13(8)16)14(19)18-12-6-5-9(15(20)21)7-11(12)17/h2-7H,17H2,1H3,(H,18,19)(H,20,21). The fraction of sp³-hybridized carbons (Fsp3) is 0.0667. The van der Waals surface area contributed by atoms with Gasteiger partial charge in [0.1, 0.15) is 0 Å². The minimum atomic E-state index is -1.07. The van der Waals surface area contributed by atoms with E-state index in [1.54, 1.807) is 12.1 Å². The van der Waals surface area contributed by atoms with E-state index < -0.39 is 5.97 Å². The molecule has 6 heteroatoms. The summed E-state index contributed by atoms with van der Waals surface area (Å²) in [5, 5.41) is 11.6. The maximum absolute atomic E-state index is 12.2. The van der Waals surface area contributed by atoms with Crippen LogP contribution in [0.2, 0.25) is 0 Å². The average molecular weight is 349 g/mol. The highest BCUT2D eigenvalue weighted by molar-refractivity contribution is 9.10. The van der Waals surface area contributed by atoms with Crippen molar-refractivity contribution in [2.24, 2.45) is 0 Å². The first-order valence-electron chi connectivity index (χ1n) is 6.09. The smallest absolute Gasteiger partial charge is 0.335 e. The summed E-state index contributed by atoms with van der Waals surface area (Å²) in [6, 6.07) is 9.53. The molecule has 2 rings (SSSR count). The van der Waals surface area contributed by atoms with Gasteiger partial charge in [-0.2, -0.15) is 0 Å². The van der Waals surface area contributed by atoms with E-state index in [0.29, 0.717) is 15.7 Å². The van der Waals surface area contributed by atoms with Crippen molar-refractivity contribution in [1.29, 1.82) is 0 Å². The third-order valence-electron chi connectivity index (χ3n) is 2.98. The van der Waals surface area contributed by atoms with E-state index >= 15 is 0 Å². The number of nitrogens with one attached hydrogen (secondary N) is 1. The molecule has 0 fully saturated rings. The molecule has 0 saturated heterocycles. The zero-order valence-electron chi connectivity index (χ0n) is 11.2. The van der Waals surface area contributed by atoms with Crippen LogP contribution in [0.4, 0.5) is 11.4 Å². The van der Waals surface area contributed by atoms with Gasteiger partial charge in [0.2, 0.25) is 0 Å². The second-order valence-corrected chi connectivity index (χ2v) is 5.29. The predicted molar refractivity (Wildman–Crippen MR) is 84.6 cm³/mol. The van der Waals surface area contributed by atoms with Crippen LogP contribution in [0, 0.1) is 6.92 Å². The molecule has 0 atom stereocenters. The van der Waals surface area contributed by atoms with Crippen LogP contribution < -0.4 is 11.1 Å². The number of carbonyl (C=O) groups excluding carboxylic acids is 1. The van der Waals surface area contributed by atoms with E-state index in [4.69, 9.17) is 10.8 Å². The van der Waals surface area contributed by atoms with Gasteiger partial charge >= 0.3 is 5.97 Å². The van der Waals surface area contributed by atoms with Gasteiger partial charge in [-0.25, -0.2) is 4.79 Å². The number of anilines is 2. The second-order valence-electron chi connectivity index (χ2n) is 4.50. The minimum absolute atomic E-state index is 0.0715. The summed E-state index contributed by atoms with van der Waals surface area (Å²) in [5.41, 5.74) is 7.83. The number of amides is 1. The van der Waals surface area contributed by atoms with Crippen LogP contribution in [0.15, 0.2) is 40.9 Å². The maximum atomic E-state index is 12.2. The Balaban J connectivity index is 2.28. The van der Waals surface area contributed by atoms with Crippen LogP contribution in [-0.4, -0.2) is 17.0 Å². The topological polar surface area (TPSA) is 92.4 Å². The SMILES string of the molecule is Cc1cccc(C(=O)Nc2ccc(C(=O)O)cc2N)c1Br. The van der Waals surface area contributed by atoms with Crippen molar-refractivity contribution in [3.8, 4) is 0 Å². The Kier molecular flexibility index (Phi) is 4.28. The molecule has 4 N–H and O–H groups in total. The molecule has 0 radical (unpaired) electrons. The summed E-state index contributed by atoms with van der Waals surface area (Å²) < 4.78 is 0.711. The first-order valence-corrected chi connectivity index (χ1v) is 6.88. The van der Waals surface area contributed by atoms with E-state index in [1.165, 1.54) is 18.2 Å². The quantitative estimate of drug-likeness (QED) is 0.742. The van der Waals surface area contributed by atoms with Crippen molar-refractivity contribution >= 4 is 39.2 Å². The summed E-state index contributed by atoms with van der Waals surface area (Å²) in [6.07, 6.45) is 0. The largest absolute Gasteiger partial charge is 0.478 e. The third-order valence-corrected chi connectivity index (χ3v) is 4.04. The van der Waals surface area contributed by atoms with Crippen LogP contribution in [0.3, 0.4) is 0 Å². The lowest BCUT2D eigenvalue weighted by Gasteiger charge is -2.11. The first-order chi connectivity index (χ1) is 9.90. The zero-order valence-corrected chi connectivity index (χ0v) is 12.8. The molecule has 2 aromatic carbocycles. The van der Waals surface area contributed by atoms with E-state index in [-0.39, 0.29) is 17.2 Å². The van der Waals surface area contributed by atoms with Crippen molar-refractivity contribution < 1.29 is 14.7 Å². The van der Waals surface area contributed by atoms with E-state index in [0.717, 1.165) is 5.56 Å². The average Bonchev–Trinajstić information content (AvgIpc) is 2.43. The molecule has 5 nitrogen and oxygen atoms in total. The molecular weight excluding hydrogens is 336 g/mol. The van der Waals surface area contributed by atoms with Crippen LogP contribution >= 0.6 is 15.9 Å². The van der Waals surface area contributed by atoms with Gasteiger partial charge in [-0.05, 0) is 52.7 Å². The van der Waals surface area contributed by atoms with Gasteiger partial charge in [0.15, 0.2) is 0 Å². The van der Waals surface area contributed by atoms with Crippen molar-refractivity contribution in [3.05, 3.63) is 57.6 Å². The Labute approximate surface area is 129 Å². The monoisotopic (exact) mass is 348 g/mol. The van der Waals surface area contributed by atoms with Crippen LogP contribution in [-0.2, 0) is 0 Å². The molecule has 0 spiro atoms. The Morgan fingerprint density at radius 2 is 1.95 bits per heavy atom. The number of rotatable bonds is 3. The molecule has 21 heavy (non-hydrogen) atoms. The lowest BCUT2D eigenvalue weighted by atomic mass is 10.1. The van der Waals surface area contributed by atoms with Crippen LogP contribution in [0.1, 0.15) is 26.3 Å². The Bertz CT molecular complexity index is 729. The molecule has 1 amide bonds. The zero-order chi connectivity index (χ0) is 15.6. The Morgan fingerprint density at radius 1 is 1.24 bits per heavy atom. The van der Waals surface area contributed by atoms with Gasteiger partial charge in [0.05, 0.1) is 22.5 Å². The Hall–Kier alpha value is -2.34. The van der Waals surface area contributed by atoms with Gasteiger partial charge in [-0.15, -0.1) is 0 Å². The number of hydrogen-bond donors (Lipinski definition) is 3. The number of halogens is 1. The minimum Gasteiger partial charge on any atom is -0.478 e. The van der Waals surface area contributed by atoms with E-state index in [9.17, 15) is 9.59 Å². The molecule has 0 aliphatic rings. The molecule has 0 aliphatic heterocycles.